The first kappa shape index (κ1) is 19.6. The fourth-order valence-corrected chi connectivity index (χ4v) is 3.98. The van der Waals surface area contributed by atoms with Crippen LogP contribution in [0.15, 0.2) is 47.4 Å². The number of sulfonamides is 1. The van der Waals surface area contributed by atoms with Crippen molar-refractivity contribution in [3.8, 4) is 0 Å². The summed E-state index contributed by atoms with van der Waals surface area (Å²) in [6.45, 7) is 1.11. The summed E-state index contributed by atoms with van der Waals surface area (Å²) in [5.74, 6) is -2.29. The van der Waals surface area contributed by atoms with Crippen molar-refractivity contribution in [2.45, 2.75) is 17.9 Å². The Kier molecular flexibility index (Phi) is 5.47. The van der Waals surface area contributed by atoms with E-state index in [0.29, 0.717) is 4.31 Å². The molecule has 1 atom stereocenters. The monoisotopic (exact) mass is 402 g/mol. The maximum Gasteiger partial charge on any atom is 0.327 e. The average molecular weight is 403 g/mol. The van der Waals surface area contributed by atoms with Crippen molar-refractivity contribution in [3.05, 3.63) is 63.4 Å². The van der Waals surface area contributed by atoms with E-state index in [1.54, 1.807) is 0 Å². The number of anilines is 1. The summed E-state index contributed by atoms with van der Waals surface area (Å²) in [5.41, 5.74) is -0.677. The van der Waals surface area contributed by atoms with Gasteiger partial charge in [0.05, 0.1) is 20.5 Å². The molecule has 1 unspecified atom stereocenters. The summed E-state index contributed by atoms with van der Waals surface area (Å²) in [4.78, 5) is 21.0. The van der Waals surface area contributed by atoms with Gasteiger partial charge in [-0.05, 0) is 31.2 Å². The lowest BCUT2D eigenvalue weighted by atomic mass is 10.2. The Hall–Kier alpha value is -2.72. The molecule has 11 heteroatoms. The van der Waals surface area contributed by atoms with Crippen molar-refractivity contribution in [1.29, 1.82) is 0 Å². The Balaban J connectivity index is 2.67. The van der Waals surface area contributed by atoms with Gasteiger partial charge in [0.2, 0.25) is 0 Å². The molecule has 0 saturated carbocycles. The highest BCUT2D eigenvalue weighted by atomic mass is 35.5. The van der Waals surface area contributed by atoms with E-state index in [1.807, 2.05) is 0 Å². The minimum absolute atomic E-state index is 0.196. The molecule has 0 aliphatic carbocycles. The van der Waals surface area contributed by atoms with Gasteiger partial charge in [0.1, 0.15) is 11.9 Å². The van der Waals surface area contributed by atoms with Crippen molar-refractivity contribution in [2.75, 3.05) is 4.31 Å². The van der Waals surface area contributed by atoms with Gasteiger partial charge in [-0.2, -0.15) is 0 Å². The summed E-state index contributed by atoms with van der Waals surface area (Å²) < 4.78 is 39.8. The van der Waals surface area contributed by atoms with E-state index in [-0.39, 0.29) is 5.69 Å². The van der Waals surface area contributed by atoms with Gasteiger partial charge in [-0.15, -0.1) is 0 Å². The number of carboxylic acid groups (broad SMARTS) is 1. The standard InChI is InChI=1S/C15H12ClFN2O6S/c1-9(15(20)21)18(10-5-6-14(17)13(16)8-10)26(24,25)12-4-2-3-11(7-12)19(22)23/h2-9H,1H3,(H,20,21). The maximum atomic E-state index is 13.4. The predicted molar refractivity (Wildman–Crippen MR) is 91.3 cm³/mol. The highest BCUT2D eigenvalue weighted by Gasteiger charge is 2.34. The topological polar surface area (TPSA) is 118 Å². The van der Waals surface area contributed by atoms with Gasteiger partial charge in [-0.3, -0.25) is 14.4 Å². The van der Waals surface area contributed by atoms with E-state index in [9.17, 15) is 32.8 Å². The first-order valence-electron chi connectivity index (χ1n) is 7.02. The number of halogens is 2. The van der Waals surface area contributed by atoms with Gasteiger partial charge in [0.25, 0.3) is 15.7 Å². The van der Waals surface area contributed by atoms with Crippen LogP contribution >= 0.6 is 11.6 Å². The quantitative estimate of drug-likeness (QED) is 0.586. The molecule has 0 heterocycles. The summed E-state index contributed by atoms with van der Waals surface area (Å²) in [7, 11) is -4.52. The van der Waals surface area contributed by atoms with Crippen LogP contribution in [0.5, 0.6) is 0 Å². The Labute approximate surface area is 152 Å². The second-order valence-corrected chi connectivity index (χ2v) is 7.39. The number of non-ortho nitro benzene ring substituents is 1. The first-order valence-corrected chi connectivity index (χ1v) is 8.84. The second-order valence-electron chi connectivity index (χ2n) is 5.17. The van der Waals surface area contributed by atoms with Crippen LogP contribution in [0.25, 0.3) is 0 Å². The van der Waals surface area contributed by atoms with E-state index in [4.69, 9.17) is 11.6 Å². The third-order valence-electron chi connectivity index (χ3n) is 3.45. The smallest absolute Gasteiger partial charge is 0.327 e. The third kappa shape index (κ3) is 3.75. The molecule has 2 rings (SSSR count). The number of benzene rings is 2. The van der Waals surface area contributed by atoms with Gasteiger partial charge >= 0.3 is 5.97 Å². The van der Waals surface area contributed by atoms with E-state index >= 15 is 0 Å². The Morgan fingerprint density at radius 1 is 1.31 bits per heavy atom. The summed E-state index contributed by atoms with van der Waals surface area (Å²) in [6, 6.07) is 5.48. The molecule has 0 saturated heterocycles. The molecule has 0 amide bonds. The fourth-order valence-electron chi connectivity index (χ4n) is 2.16. The van der Waals surface area contributed by atoms with Gasteiger partial charge in [0, 0.05) is 12.1 Å². The van der Waals surface area contributed by atoms with Gasteiger partial charge in [0.15, 0.2) is 0 Å². The molecule has 0 fully saturated rings. The number of hydrogen-bond donors (Lipinski definition) is 1. The number of nitrogens with zero attached hydrogens (tertiary/aromatic N) is 2. The molecule has 0 aliphatic rings. The number of nitro benzene ring substituents is 1. The lowest BCUT2D eigenvalue weighted by Gasteiger charge is -2.28. The molecule has 138 valence electrons. The van der Waals surface area contributed by atoms with Crippen molar-refractivity contribution >= 4 is 39.0 Å². The van der Waals surface area contributed by atoms with E-state index in [1.165, 1.54) is 0 Å². The lowest BCUT2D eigenvalue weighted by molar-refractivity contribution is -0.385. The van der Waals surface area contributed by atoms with E-state index in [2.05, 4.69) is 0 Å². The molecule has 26 heavy (non-hydrogen) atoms. The first-order chi connectivity index (χ1) is 12.1. The number of rotatable bonds is 6. The van der Waals surface area contributed by atoms with E-state index in [0.717, 1.165) is 49.4 Å². The summed E-state index contributed by atoms with van der Waals surface area (Å²) >= 11 is 5.67. The highest BCUT2D eigenvalue weighted by Crippen LogP contribution is 2.30. The van der Waals surface area contributed by atoms with Crippen LogP contribution in [0.4, 0.5) is 15.8 Å². The summed E-state index contributed by atoms with van der Waals surface area (Å²) in [5, 5.41) is 19.8. The van der Waals surface area contributed by atoms with Crippen LogP contribution in [0, 0.1) is 15.9 Å². The minimum Gasteiger partial charge on any atom is -0.480 e. The zero-order valence-electron chi connectivity index (χ0n) is 13.2. The van der Waals surface area contributed by atoms with Crippen molar-refractivity contribution in [1.82, 2.24) is 0 Å². The molecule has 0 radical (unpaired) electrons. The number of hydrogen-bond acceptors (Lipinski definition) is 5. The van der Waals surface area contributed by atoms with Gasteiger partial charge in [-0.1, -0.05) is 17.7 Å². The van der Waals surface area contributed by atoms with Crippen LogP contribution in [0.1, 0.15) is 6.92 Å². The van der Waals surface area contributed by atoms with Crippen LogP contribution in [-0.4, -0.2) is 30.5 Å². The maximum absolute atomic E-state index is 13.4. The normalized spacial score (nSPS) is 12.4. The Bertz CT molecular complexity index is 982. The van der Waals surface area contributed by atoms with E-state index < -0.39 is 48.4 Å². The fraction of sp³-hybridized carbons (Fsp3) is 0.133. The van der Waals surface area contributed by atoms with Crippen molar-refractivity contribution in [2.24, 2.45) is 0 Å². The van der Waals surface area contributed by atoms with Crippen LogP contribution in [0.3, 0.4) is 0 Å². The molecular formula is C15H12ClFN2O6S. The second kappa shape index (κ2) is 7.26. The molecule has 8 nitrogen and oxygen atoms in total. The number of aliphatic carboxylic acids is 1. The predicted octanol–water partition coefficient (Wildman–Crippen LogP) is 3.06. The summed E-state index contributed by atoms with van der Waals surface area (Å²) in [6.07, 6.45) is 0. The van der Waals surface area contributed by atoms with Crippen LogP contribution in [-0.2, 0) is 14.8 Å². The third-order valence-corrected chi connectivity index (χ3v) is 5.64. The molecule has 2 aromatic rings. The SMILES string of the molecule is CC(C(=O)O)N(c1ccc(F)c(Cl)c1)S(=O)(=O)c1cccc([N+](=O)[O-])c1. The van der Waals surface area contributed by atoms with Crippen LogP contribution in [0.2, 0.25) is 5.02 Å². The number of carbonyl (C=O) groups is 1. The molecule has 0 spiro atoms. The molecule has 0 bridgehead atoms. The molecule has 0 aliphatic heterocycles. The van der Waals surface area contributed by atoms with Crippen molar-refractivity contribution in [3.63, 3.8) is 0 Å². The Morgan fingerprint density at radius 2 is 1.96 bits per heavy atom. The van der Waals surface area contributed by atoms with Crippen molar-refractivity contribution < 1.29 is 27.6 Å². The molecule has 1 N–H and O–H groups in total. The van der Waals surface area contributed by atoms with Gasteiger partial charge in [-0.25, -0.2) is 17.6 Å². The zero-order chi connectivity index (χ0) is 19.6. The molecule has 2 aromatic carbocycles. The molecule has 0 aromatic heterocycles. The van der Waals surface area contributed by atoms with Crippen LogP contribution < -0.4 is 4.31 Å². The Morgan fingerprint density at radius 3 is 2.50 bits per heavy atom. The highest BCUT2D eigenvalue weighted by molar-refractivity contribution is 7.93. The largest absolute Gasteiger partial charge is 0.480 e. The lowest BCUT2D eigenvalue weighted by Crippen LogP contribution is -2.43. The zero-order valence-corrected chi connectivity index (χ0v) is 14.7. The van der Waals surface area contributed by atoms with Gasteiger partial charge < -0.3 is 5.11 Å². The average Bonchev–Trinajstić information content (AvgIpc) is 2.58. The number of carboxylic acids is 1. The minimum atomic E-state index is -4.52. The number of nitro groups is 1. The molecular weight excluding hydrogens is 391 g/mol.